The van der Waals surface area contributed by atoms with Gasteiger partial charge in [0.05, 0.1) is 6.42 Å². The van der Waals surface area contributed by atoms with Crippen molar-refractivity contribution < 1.29 is 22.7 Å². The molecule has 1 saturated heterocycles. The van der Waals surface area contributed by atoms with Gasteiger partial charge < -0.3 is 10.1 Å². The zero-order valence-corrected chi connectivity index (χ0v) is 9.64. The molecule has 17 heavy (non-hydrogen) atoms. The molecule has 6 heteroatoms. The lowest BCUT2D eigenvalue weighted by Gasteiger charge is -2.34. The standard InChI is InChI=1S/C11H16F3NO2/c1-9(16)17-10(5-7-15-8-6-10)3-2-4-11(12,13)14/h2-3,15H,4-8H2,1H3/b3-2+. The molecule has 1 N–H and O–H groups in total. The number of hydrogen-bond donors (Lipinski definition) is 1. The Balaban J connectivity index is 2.66. The van der Waals surface area contributed by atoms with Gasteiger partial charge in [-0.25, -0.2) is 0 Å². The Labute approximate surface area is 98.0 Å². The van der Waals surface area contributed by atoms with Crippen LogP contribution in [-0.2, 0) is 9.53 Å². The smallest absolute Gasteiger partial charge is 0.392 e. The molecule has 1 aliphatic rings. The van der Waals surface area contributed by atoms with Crippen LogP contribution in [0.1, 0.15) is 26.2 Å². The highest BCUT2D eigenvalue weighted by molar-refractivity contribution is 5.66. The lowest BCUT2D eigenvalue weighted by Crippen LogP contribution is -2.43. The summed E-state index contributed by atoms with van der Waals surface area (Å²) in [5.41, 5.74) is -0.873. The molecule has 0 aromatic carbocycles. The van der Waals surface area contributed by atoms with E-state index in [1.54, 1.807) is 0 Å². The van der Waals surface area contributed by atoms with Gasteiger partial charge in [-0.1, -0.05) is 6.08 Å². The van der Waals surface area contributed by atoms with Gasteiger partial charge in [-0.05, 0) is 19.2 Å². The number of allylic oxidation sites excluding steroid dienone is 1. The van der Waals surface area contributed by atoms with E-state index in [1.807, 2.05) is 0 Å². The minimum Gasteiger partial charge on any atom is -0.455 e. The predicted octanol–water partition coefficient (Wildman–Crippen LogP) is 2.18. The summed E-state index contributed by atoms with van der Waals surface area (Å²) in [5, 5.41) is 3.07. The number of piperidine rings is 1. The third kappa shape index (κ3) is 5.21. The first kappa shape index (κ1) is 14.0. The predicted molar refractivity (Wildman–Crippen MR) is 56.4 cm³/mol. The number of esters is 1. The summed E-state index contributed by atoms with van der Waals surface area (Å²) in [7, 11) is 0. The second-order valence-corrected chi connectivity index (χ2v) is 4.13. The van der Waals surface area contributed by atoms with E-state index in [9.17, 15) is 18.0 Å². The van der Waals surface area contributed by atoms with Crippen LogP contribution in [0.25, 0.3) is 0 Å². The number of nitrogens with one attached hydrogen (secondary N) is 1. The molecule has 0 unspecified atom stereocenters. The fraction of sp³-hybridized carbons (Fsp3) is 0.727. The van der Waals surface area contributed by atoms with Crippen molar-refractivity contribution in [1.29, 1.82) is 0 Å². The lowest BCUT2D eigenvalue weighted by molar-refractivity contribution is -0.154. The van der Waals surface area contributed by atoms with Gasteiger partial charge in [-0.3, -0.25) is 4.79 Å². The Kier molecular flexibility index (Phi) is 4.56. The zero-order valence-electron chi connectivity index (χ0n) is 9.64. The Morgan fingerprint density at radius 3 is 2.47 bits per heavy atom. The van der Waals surface area contributed by atoms with E-state index in [2.05, 4.69) is 5.32 Å². The fourth-order valence-electron chi connectivity index (χ4n) is 1.85. The summed E-state index contributed by atoms with van der Waals surface area (Å²) >= 11 is 0. The van der Waals surface area contributed by atoms with E-state index in [-0.39, 0.29) is 0 Å². The molecule has 1 rings (SSSR count). The second-order valence-electron chi connectivity index (χ2n) is 4.13. The summed E-state index contributed by atoms with van der Waals surface area (Å²) in [6.45, 7) is 2.52. The van der Waals surface area contributed by atoms with E-state index in [0.29, 0.717) is 25.9 Å². The summed E-state index contributed by atoms with van der Waals surface area (Å²) in [6.07, 6.45) is -1.80. The molecule has 1 fully saturated rings. The van der Waals surface area contributed by atoms with Gasteiger partial charge >= 0.3 is 12.1 Å². The molecule has 0 saturated carbocycles. The van der Waals surface area contributed by atoms with E-state index in [1.165, 1.54) is 13.0 Å². The number of halogens is 3. The second kappa shape index (κ2) is 5.53. The van der Waals surface area contributed by atoms with Gasteiger partial charge in [0.25, 0.3) is 0 Å². The van der Waals surface area contributed by atoms with Crippen molar-refractivity contribution in [2.75, 3.05) is 13.1 Å². The molecular formula is C11H16F3NO2. The van der Waals surface area contributed by atoms with Crippen molar-refractivity contribution in [2.45, 2.75) is 38.0 Å². The molecule has 0 aliphatic carbocycles. The highest BCUT2D eigenvalue weighted by Crippen LogP contribution is 2.27. The number of alkyl halides is 3. The van der Waals surface area contributed by atoms with Crippen molar-refractivity contribution in [1.82, 2.24) is 5.32 Å². The molecule has 1 heterocycles. The summed E-state index contributed by atoms with van der Waals surface area (Å²) in [5.74, 6) is -0.469. The van der Waals surface area contributed by atoms with Crippen LogP contribution < -0.4 is 5.32 Å². The van der Waals surface area contributed by atoms with Gasteiger partial charge in [0.1, 0.15) is 5.60 Å². The molecule has 0 radical (unpaired) electrons. The van der Waals surface area contributed by atoms with Crippen molar-refractivity contribution in [2.24, 2.45) is 0 Å². The third-order valence-corrected chi connectivity index (χ3v) is 2.57. The molecule has 0 amide bonds. The molecule has 98 valence electrons. The quantitative estimate of drug-likeness (QED) is 0.617. The minimum absolute atomic E-state index is 0.469. The average molecular weight is 251 g/mol. The largest absolute Gasteiger partial charge is 0.455 e. The van der Waals surface area contributed by atoms with Crippen molar-refractivity contribution in [3.05, 3.63) is 12.2 Å². The van der Waals surface area contributed by atoms with Gasteiger partial charge in [0.15, 0.2) is 0 Å². The SMILES string of the molecule is CC(=O)OC1(/C=C/CC(F)(F)F)CCNCC1. The Bertz CT molecular complexity index is 294. The van der Waals surface area contributed by atoms with Crippen LogP contribution in [0.2, 0.25) is 0 Å². The highest BCUT2D eigenvalue weighted by atomic mass is 19.4. The molecular weight excluding hydrogens is 235 g/mol. The first-order chi connectivity index (χ1) is 7.83. The van der Waals surface area contributed by atoms with Gasteiger partial charge in [0, 0.05) is 19.8 Å². The molecule has 0 aromatic heterocycles. The molecule has 0 spiro atoms. The van der Waals surface area contributed by atoms with Crippen LogP contribution in [-0.4, -0.2) is 30.8 Å². The van der Waals surface area contributed by atoms with E-state index < -0.39 is 24.2 Å². The molecule has 3 nitrogen and oxygen atoms in total. The van der Waals surface area contributed by atoms with Crippen LogP contribution in [0.15, 0.2) is 12.2 Å². The Morgan fingerprint density at radius 2 is 2.00 bits per heavy atom. The van der Waals surface area contributed by atoms with Crippen molar-refractivity contribution in [3.63, 3.8) is 0 Å². The Hall–Kier alpha value is -1.04. The summed E-state index contributed by atoms with van der Waals surface area (Å²) < 4.78 is 41.2. The number of hydrogen-bond acceptors (Lipinski definition) is 3. The van der Waals surface area contributed by atoms with Crippen molar-refractivity contribution >= 4 is 5.97 Å². The van der Waals surface area contributed by atoms with Crippen molar-refractivity contribution in [3.8, 4) is 0 Å². The van der Waals surface area contributed by atoms with E-state index in [0.717, 1.165) is 6.08 Å². The van der Waals surface area contributed by atoms with Crippen LogP contribution >= 0.6 is 0 Å². The first-order valence-corrected chi connectivity index (χ1v) is 5.48. The van der Waals surface area contributed by atoms with Gasteiger partial charge in [0.2, 0.25) is 0 Å². The minimum atomic E-state index is -4.22. The normalized spacial score (nSPS) is 20.5. The number of carbonyl (C=O) groups excluding carboxylic acids is 1. The van der Waals surface area contributed by atoms with Crippen LogP contribution in [0.3, 0.4) is 0 Å². The Morgan fingerprint density at radius 1 is 1.41 bits per heavy atom. The maximum atomic E-state index is 12.0. The van der Waals surface area contributed by atoms with Crippen LogP contribution in [0, 0.1) is 0 Å². The summed E-state index contributed by atoms with van der Waals surface area (Å²) in [6, 6.07) is 0. The summed E-state index contributed by atoms with van der Waals surface area (Å²) in [4.78, 5) is 11.0. The monoisotopic (exact) mass is 251 g/mol. The molecule has 0 aromatic rings. The maximum Gasteiger partial charge on any atom is 0.392 e. The number of rotatable bonds is 3. The van der Waals surface area contributed by atoms with E-state index in [4.69, 9.17) is 4.74 Å². The highest BCUT2D eigenvalue weighted by Gasteiger charge is 2.33. The average Bonchev–Trinajstić information content (AvgIpc) is 2.15. The fourth-order valence-corrected chi connectivity index (χ4v) is 1.85. The van der Waals surface area contributed by atoms with Crippen LogP contribution in [0.5, 0.6) is 0 Å². The molecule has 0 atom stereocenters. The number of carbonyl (C=O) groups is 1. The number of ether oxygens (including phenoxy) is 1. The zero-order chi connectivity index (χ0) is 12.9. The van der Waals surface area contributed by atoms with E-state index >= 15 is 0 Å². The van der Waals surface area contributed by atoms with Gasteiger partial charge in [-0.15, -0.1) is 0 Å². The maximum absolute atomic E-state index is 12.0. The van der Waals surface area contributed by atoms with Gasteiger partial charge in [-0.2, -0.15) is 13.2 Å². The molecule has 0 bridgehead atoms. The topological polar surface area (TPSA) is 38.3 Å². The third-order valence-electron chi connectivity index (χ3n) is 2.57. The van der Waals surface area contributed by atoms with Crippen LogP contribution in [0.4, 0.5) is 13.2 Å². The first-order valence-electron chi connectivity index (χ1n) is 5.48. The lowest BCUT2D eigenvalue weighted by atomic mass is 9.91. The molecule has 1 aliphatic heterocycles.